The quantitative estimate of drug-likeness (QED) is 0.943. The lowest BCUT2D eigenvalue weighted by atomic mass is 10.1. The molecule has 0 atom stereocenters. The van der Waals surface area contributed by atoms with Crippen LogP contribution < -0.4 is 5.73 Å². The van der Waals surface area contributed by atoms with E-state index in [1.54, 1.807) is 0 Å². The first-order valence-electron chi connectivity index (χ1n) is 6.37. The number of rotatable bonds is 3. The summed E-state index contributed by atoms with van der Waals surface area (Å²) in [6.07, 6.45) is 0. The molecule has 2 heterocycles. The third-order valence-electron chi connectivity index (χ3n) is 3.14. The average molecular weight is 323 g/mol. The van der Waals surface area contributed by atoms with Gasteiger partial charge in [-0.05, 0) is 53.4 Å². The second-order valence-electron chi connectivity index (χ2n) is 5.01. The minimum absolute atomic E-state index is 0.366. The van der Waals surface area contributed by atoms with Crippen LogP contribution in [-0.4, -0.2) is 14.8 Å². The predicted octanol–water partition coefficient (Wildman–Crippen LogP) is 3.23. The molecule has 2 rings (SSSR count). The molecule has 0 fully saturated rings. The zero-order valence-corrected chi connectivity index (χ0v) is 13.3. The molecule has 4 nitrogen and oxygen atoms in total. The largest absolute Gasteiger partial charge is 0.326 e. The van der Waals surface area contributed by atoms with Gasteiger partial charge in [-0.3, -0.25) is 0 Å². The number of aryl methyl sites for hydroxylation is 1. The highest BCUT2D eigenvalue weighted by molar-refractivity contribution is 9.10. The molecule has 0 aliphatic rings. The summed E-state index contributed by atoms with van der Waals surface area (Å²) in [5, 5.41) is 4.52. The van der Waals surface area contributed by atoms with Gasteiger partial charge in [0.2, 0.25) is 0 Å². The zero-order chi connectivity index (χ0) is 14.2. The van der Waals surface area contributed by atoms with E-state index in [2.05, 4.69) is 40.9 Å². The number of hydrogen-bond donors (Lipinski definition) is 1. The van der Waals surface area contributed by atoms with E-state index in [-0.39, 0.29) is 0 Å². The molecule has 0 spiro atoms. The van der Waals surface area contributed by atoms with Gasteiger partial charge in [-0.25, -0.2) is 9.67 Å². The molecule has 19 heavy (non-hydrogen) atoms. The van der Waals surface area contributed by atoms with E-state index in [4.69, 9.17) is 10.7 Å². The molecule has 0 bridgehead atoms. The summed E-state index contributed by atoms with van der Waals surface area (Å²) in [7, 11) is 0. The molecule has 0 amide bonds. The van der Waals surface area contributed by atoms with Crippen LogP contribution in [0.15, 0.2) is 16.6 Å². The van der Waals surface area contributed by atoms with Crippen LogP contribution in [0.25, 0.3) is 5.82 Å². The Morgan fingerprint density at radius 3 is 2.47 bits per heavy atom. The topological polar surface area (TPSA) is 56.7 Å². The first-order chi connectivity index (χ1) is 8.93. The molecule has 2 aromatic rings. The summed E-state index contributed by atoms with van der Waals surface area (Å²) in [6.45, 7) is 8.77. The lowest BCUT2D eigenvalue weighted by Gasteiger charge is -2.11. The van der Waals surface area contributed by atoms with Gasteiger partial charge in [-0.2, -0.15) is 5.10 Å². The summed E-state index contributed by atoms with van der Waals surface area (Å²) in [5.74, 6) is 1.20. The Morgan fingerprint density at radius 1 is 1.32 bits per heavy atom. The van der Waals surface area contributed by atoms with Crippen molar-refractivity contribution in [2.45, 2.75) is 40.2 Å². The van der Waals surface area contributed by atoms with Gasteiger partial charge in [0.1, 0.15) is 0 Å². The standard InChI is InChI=1S/C14H19BrN4/c1-8(2)12-5-11(7-16)6-13(17-12)19-10(4)14(15)9(3)18-19/h5-6,8H,7,16H2,1-4H3. The minimum Gasteiger partial charge on any atom is -0.326 e. The third kappa shape index (κ3) is 2.72. The maximum atomic E-state index is 5.77. The van der Waals surface area contributed by atoms with Gasteiger partial charge in [-0.15, -0.1) is 0 Å². The van der Waals surface area contributed by atoms with Gasteiger partial charge in [-0.1, -0.05) is 13.8 Å². The number of nitrogens with zero attached hydrogens (tertiary/aromatic N) is 3. The van der Waals surface area contributed by atoms with Crippen molar-refractivity contribution in [2.24, 2.45) is 5.73 Å². The summed E-state index contributed by atoms with van der Waals surface area (Å²) in [5.41, 5.74) is 9.91. The van der Waals surface area contributed by atoms with Crippen molar-refractivity contribution in [3.8, 4) is 5.82 Å². The van der Waals surface area contributed by atoms with Crippen molar-refractivity contribution in [1.82, 2.24) is 14.8 Å². The molecular weight excluding hydrogens is 304 g/mol. The summed E-state index contributed by atoms with van der Waals surface area (Å²) >= 11 is 3.54. The molecule has 0 unspecified atom stereocenters. The zero-order valence-electron chi connectivity index (χ0n) is 11.7. The Bertz CT molecular complexity index is 602. The normalized spacial score (nSPS) is 11.3. The monoisotopic (exact) mass is 322 g/mol. The van der Waals surface area contributed by atoms with Crippen LogP contribution in [0.5, 0.6) is 0 Å². The van der Waals surface area contributed by atoms with Crippen molar-refractivity contribution >= 4 is 15.9 Å². The highest BCUT2D eigenvalue weighted by Crippen LogP contribution is 2.24. The Morgan fingerprint density at radius 2 is 2.00 bits per heavy atom. The van der Waals surface area contributed by atoms with Crippen molar-refractivity contribution in [3.05, 3.63) is 39.3 Å². The van der Waals surface area contributed by atoms with E-state index in [0.29, 0.717) is 12.5 Å². The Kier molecular flexibility index (Phi) is 4.06. The molecule has 0 saturated carbocycles. The van der Waals surface area contributed by atoms with Crippen LogP contribution in [0.1, 0.15) is 42.4 Å². The molecular formula is C14H19BrN4. The highest BCUT2D eigenvalue weighted by atomic mass is 79.9. The van der Waals surface area contributed by atoms with Crippen LogP contribution >= 0.6 is 15.9 Å². The van der Waals surface area contributed by atoms with E-state index in [9.17, 15) is 0 Å². The number of hydrogen-bond acceptors (Lipinski definition) is 3. The van der Waals surface area contributed by atoms with E-state index in [1.165, 1.54) is 0 Å². The van der Waals surface area contributed by atoms with Crippen molar-refractivity contribution in [1.29, 1.82) is 0 Å². The molecule has 0 saturated heterocycles. The predicted molar refractivity (Wildman–Crippen MR) is 80.5 cm³/mol. The van der Waals surface area contributed by atoms with Crippen LogP contribution in [0.3, 0.4) is 0 Å². The maximum Gasteiger partial charge on any atom is 0.154 e. The van der Waals surface area contributed by atoms with Crippen molar-refractivity contribution < 1.29 is 0 Å². The summed E-state index contributed by atoms with van der Waals surface area (Å²) < 4.78 is 2.89. The number of halogens is 1. The Labute approximate surface area is 122 Å². The fourth-order valence-electron chi connectivity index (χ4n) is 1.96. The smallest absolute Gasteiger partial charge is 0.154 e. The SMILES string of the molecule is Cc1nn(-c2cc(CN)cc(C(C)C)n2)c(C)c1Br. The molecule has 102 valence electrons. The molecule has 2 aromatic heterocycles. The van der Waals surface area contributed by atoms with E-state index >= 15 is 0 Å². The van der Waals surface area contributed by atoms with Gasteiger partial charge < -0.3 is 5.73 Å². The van der Waals surface area contributed by atoms with E-state index in [0.717, 1.165) is 32.9 Å². The number of aromatic nitrogens is 3. The Balaban J connectivity index is 2.61. The minimum atomic E-state index is 0.366. The van der Waals surface area contributed by atoms with E-state index in [1.807, 2.05) is 24.6 Å². The van der Waals surface area contributed by atoms with Crippen LogP contribution in [0.2, 0.25) is 0 Å². The second kappa shape index (κ2) is 5.43. The lowest BCUT2D eigenvalue weighted by molar-refractivity contribution is 0.761. The Hall–Kier alpha value is -1.20. The first kappa shape index (κ1) is 14.2. The summed E-state index contributed by atoms with van der Waals surface area (Å²) in [6, 6.07) is 4.06. The van der Waals surface area contributed by atoms with E-state index < -0.39 is 0 Å². The van der Waals surface area contributed by atoms with Gasteiger partial charge in [0, 0.05) is 12.2 Å². The van der Waals surface area contributed by atoms with Crippen LogP contribution in [0.4, 0.5) is 0 Å². The van der Waals surface area contributed by atoms with Crippen LogP contribution in [0, 0.1) is 13.8 Å². The first-order valence-corrected chi connectivity index (χ1v) is 7.16. The fraction of sp³-hybridized carbons (Fsp3) is 0.429. The third-order valence-corrected chi connectivity index (χ3v) is 4.29. The van der Waals surface area contributed by atoms with Gasteiger partial charge in [0.15, 0.2) is 5.82 Å². The molecule has 2 N–H and O–H groups in total. The molecule has 0 aromatic carbocycles. The number of pyridine rings is 1. The fourth-order valence-corrected chi connectivity index (χ4v) is 2.21. The lowest BCUT2D eigenvalue weighted by Crippen LogP contribution is -2.08. The van der Waals surface area contributed by atoms with Crippen molar-refractivity contribution in [2.75, 3.05) is 0 Å². The van der Waals surface area contributed by atoms with Gasteiger partial charge in [0.05, 0.1) is 15.9 Å². The van der Waals surface area contributed by atoms with Crippen LogP contribution in [-0.2, 0) is 6.54 Å². The maximum absolute atomic E-state index is 5.77. The van der Waals surface area contributed by atoms with Gasteiger partial charge in [0.25, 0.3) is 0 Å². The van der Waals surface area contributed by atoms with Gasteiger partial charge >= 0.3 is 0 Å². The number of nitrogens with two attached hydrogens (primary N) is 1. The molecule has 5 heteroatoms. The molecule has 0 aliphatic carbocycles. The molecule has 0 radical (unpaired) electrons. The molecule has 0 aliphatic heterocycles. The highest BCUT2D eigenvalue weighted by Gasteiger charge is 2.13. The second-order valence-corrected chi connectivity index (χ2v) is 5.81. The summed E-state index contributed by atoms with van der Waals surface area (Å²) in [4.78, 5) is 4.69. The average Bonchev–Trinajstić information content (AvgIpc) is 2.66. The van der Waals surface area contributed by atoms with Crippen molar-refractivity contribution in [3.63, 3.8) is 0 Å².